The van der Waals surface area contributed by atoms with Crippen LogP contribution in [0, 0.1) is 6.92 Å². The molecule has 1 heterocycles. The molecule has 1 aromatic heterocycles. The number of nitrogens with zero attached hydrogens (tertiary/aromatic N) is 2. The topological polar surface area (TPSA) is 25.8 Å². The molecule has 0 amide bonds. The van der Waals surface area contributed by atoms with E-state index >= 15 is 0 Å². The van der Waals surface area contributed by atoms with Crippen molar-refractivity contribution in [2.24, 2.45) is 0 Å². The summed E-state index contributed by atoms with van der Waals surface area (Å²) in [6.45, 7) is 1.89. The molecule has 0 unspecified atom stereocenters. The summed E-state index contributed by atoms with van der Waals surface area (Å²) >= 11 is 3.35. The maximum Gasteiger partial charge on any atom is 0.125 e. The molecule has 2 nitrogen and oxygen atoms in total. The van der Waals surface area contributed by atoms with Gasteiger partial charge in [0.25, 0.3) is 0 Å². The molecule has 0 fully saturated rings. The Morgan fingerprint density at radius 1 is 1.40 bits per heavy atom. The van der Waals surface area contributed by atoms with E-state index in [0.717, 1.165) is 17.6 Å². The van der Waals surface area contributed by atoms with Crippen molar-refractivity contribution in [1.29, 1.82) is 0 Å². The summed E-state index contributed by atoms with van der Waals surface area (Å²) in [6, 6.07) is 0. The van der Waals surface area contributed by atoms with Crippen LogP contribution in [0.3, 0.4) is 0 Å². The first-order valence-electron chi connectivity index (χ1n) is 3.16. The maximum absolute atomic E-state index is 4.07. The second-order valence-electron chi connectivity index (χ2n) is 2.08. The number of alkyl halides is 1. The van der Waals surface area contributed by atoms with Gasteiger partial charge in [-0.2, -0.15) is 0 Å². The fourth-order valence-electron chi connectivity index (χ4n) is 0.658. The molecule has 0 bridgehead atoms. The van der Waals surface area contributed by atoms with E-state index in [1.807, 2.05) is 19.3 Å². The number of halogens is 1. The van der Waals surface area contributed by atoms with Gasteiger partial charge in [-0.25, -0.2) is 9.97 Å². The van der Waals surface area contributed by atoms with Gasteiger partial charge >= 0.3 is 0 Å². The van der Waals surface area contributed by atoms with Crippen LogP contribution in [0.2, 0.25) is 0 Å². The van der Waals surface area contributed by atoms with Crippen LogP contribution in [-0.2, 0) is 6.42 Å². The molecule has 0 spiro atoms. The van der Waals surface area contributed by atoms with Crippen molar-refractivity contribution in [3.8, 4) is 0 Å². The van der Waals surface area contributed by atoms with E-state index in [0.29, 0.717) is 0 Å². The summed E-state index contributed by atoms with van der Waals surface area (Å²) in [6.07, 6.45) is 4.73. The van der Waals surface area contributed by atoms with Crippen molar-refractivity contribution in [3.05, 3.63) is 23.8 Å². The van der Waals surface area contributed by atoms with Gasteiger partial charge in [0.15, 0.2) is 0 Å². The van der Waals surface area contributed by atoms with Crippen LogP contribution in [0.5, 0.6) is 0 Å². The average Bonchev–Trinajstić information content (AvgIpc) is 1.95. The molecule has 0 N–H and O–H groups in total. The molecule has 54 valence electrons. The number of rotatable bonds is 2. The lowest BCUT2D eigenvalue weighted by Gasteiger charge is -1.94. The van der Waals surface area contributed by atoms with Crippen molar-refractivity contribution < 1.29 is 0 Å². The van der Waals surface area contributed by atoms with Crippen molar-refractivity contribution >= 4 is 15.9 Å². The predicted octanol–water partition coefficient (Wildman–Crippen LogP) is 1.72. The van der Waals surface area contributed by atoms with Crippen LogP contribution in [0.25, 0.3) is 0 Å². The van der Waals surface area contributed by atoms with Crippen molar-refractivity contribution in [2.75, 3.05) is 5.33 Å². The Kier molecular flexibility index (Phi) is 2.81. The second-order valence-corrected chi connectivity index (χ2v) is 2.87. The maximum atomic E-state index is 4.07. The zero-order valence-electron chi connectivity index (χ0n) is 5.84. The Hall–Kier alpha value is -0.440. The van der Waals surface area contributed by atoms with E-state index in [9.17, 15) is 0 Å². The predicted molar refractivity (Wildman–Crippen MR) is 44.3 cm³/mol. The highest BCUT2D eigenvalue weighted by Crippen LogP contribution is 1.98. The lowest BCUT2D eigenvalue weighted by molar-refractivity contribution is 0.996. The lowest BCUT2D eigenvalue weighted by atomic mass is 10.3. The molecular weight excluding hydrogens is 192 g/mol. The molecule has 10 heavy (non-hydrogen) atoms. The molecule has 0 aliphatic heterocycles. The van der Waals surface area contributed by atoms with Gasteiger partial charge in [0.2, 0.25) is 0 Å². The Morgan fingerprint density at radius 3 is 2.50 bits per heavy atom. The van der Waals surface area contributed by atoms with Gasteiger partial charge in [-0.1, -0.05) is 15.9 Å². The number of hydrogen-bond acceptors (Lipinski definition) is 2. The van der Waals surface area contributed by atoms with Crippen LogP contribution >= 0.6 is 15.9 Å². The molecule has 1 aromatic rings. The summed E-state index contributed by atoms with van der Waals surface area (Å²) in [5, 5.41) is 0.972. The lowest BCUT2D eigenvalue weighted by Crippen LogP contribution is -1.91. The number of aryl methyl sites for hydroxylation is 2. The molecule has 0 aliphatic carbocycles. The first-order valence-corrected chi connectivity index (χ1v) is 4.28. The normalized spacial score (nSPS) is 9.80. The van der Waals surface area contributed by atoms with E-state index < -0.39 is 0 Å². The largest absolute Gasteiger partial charge is 0.241 e. The van der Waals surface area contributed by atoms with Gasteiger partial charge in [0.1, 0.15) is 5.82 Å². The van der Waals surface area contributed by atoms with Crippen molar-refractivity contribution in [1.82, 2.24) is 9.97 Å². The molecule has 0 saturated heterocycles. The second kappa shape index (κ2) is 3.66. The summed E-state index contributed by atoms with van der Waals surface area (Å²) in [7, 11) is 0. The highest BCUT2D eigenvalue weighted by atomic mass is 79.9. The monoisotopic (exact) mass is 200 g/mol. The first-order chi connectivity index (χ1) is 4.83. The van der Waals surface area contributed by atoms with E-state index in [-0.39, 0.29) is 0 Å². The third-order valence-electron chi connectivity index (χ3n) is 1.22. The standard InChI is InChI=1S/C7H9BrN2/c1-6-9-4-7(2-3-8)5-10-6/h4-5H,2-3H2,1H3. The van der Waals surface area contributed by atoms with Crippen LogP contribution < -0.4 is 0 Å². The molecule has 0 radical (unpaired) electrons. The zero-order chi connectivity index (χ0) is 7.40. The SMILES string of the molecule is Cc1ncc(CCBr)cn1. The Morgan fingerprint density at radius 2 is 2.00 bits per heavy atom. The number of hydrogen-bond donors (Lipinski definition) is 0. The van der Waals surface area contributed by atoms with Gasteiger partial charge in [-0.3, -0.25) is 0 Å². The third kappa shape index (κ3) is 2.06. The highest BCUT2D eigenvalue weighted by molar-refractivity contribution is 9.09. The summed E-state index contributed by atoms with van der Waals surface area (Å²) in [5.74, 6) is 0.832. The summed E-state index contributed by atoms with van der Waals surface area (Å²) in [4.78, 5) is 8.13. The summed E-state index contributed by atoms with van der Waals surface area (Å²) in [5.41, 5.74) is 1.18. The molecule has 0 saturated carbocycles. The van der Waals surface area contributed by atoms with Crippen molar-refractivity contribution in [3.63, 3.8) is 0 Å². The molecule has 0 aromatic carbocycles. The summed E-state index contributed by atoms with van der Waals surface area (Å²) < 4.78 is 0. The minimum Gasteiger partial charge on any atom is -0.241 e. The zero-order valence-corrected chi connectivity index (χ0v) is 7.43. The number of aromatic nitrogens is 2. The third-order valence-corrected chi connectivity index (χ3v) is 1.61. The molecule has 3 heteroatoms. The van der Waals surface area contributed by atoms with Gasteiger partial charge in [0, 0.05) is 17.7 Å². The Bertz CT molecular complexity index is 195. The molecular formula is C7H9BrN2. The minimum atomic E-state index is 0.832. The smallest absolute Gasteiger partial charge is 0.125 e. The Labute approximate surface area is 68.8 Å². The van der Waals surface area contributed by atoms with Crippen LogP contribution in [-0.4, -0.2) is 15.3 Å². The first kappa shape index (κ1) is 7.66. The fourth-order valence-corrected chi connectivity index (χ4v) is 1.12. The van der Waals surface area contributed by atoms with Gasteiger partial charge < -0.3 is 0 Å². The van der Waals surface area contributed by atoms with E-state index in [1.54, 1.807) is 0 Å². The highest BCUT2D eigenvalue weighted by Gasteiger charge is 1.90. The molecule has 0 atom stereocenters. The van der Waals surface area contributed by atoms with Gasteiger partial charge in [-0.15, -0.1) is 0 Å². The van der Waals surface area contributed by atoms with E-state index in [2.05, 4.69) is 25.9 Å². The fraction of sp³-hybridized carbons (Fsp3) is 0.429. The van der Waals surface area contributed by atoms with Gasteiger partial charge in [-0.05, 0) is 18.9 Å². The van der Waals surface area contributed by atoms with Crippen LogP contribution in [0.4, 0.5) is 0 Å². The van der Waals surface area contributed by atoms with E-state index in [4.69, 9.17) is 0 Å². The molecule has 1 rings (SSSR count). The van der Waals surface area contributed by atoms with Crippen molar-refractivity contribution in [2.45, 2.75) is 13.3 Å². The van der Waals surface area contributed by atoms with Crippen LogP contribution in [0.15, 0.2) is 12.4 Å². The van der Waals surface area contributed by atoms with E-state index in [1.165, 1.54) is 5.56 Å². The minimum absolute atomic E-state index is 0.832. The van der Waals surface area contributed by atoms with Gasteiger partial charge in [0.05, 0.1) is 0 Å². The quantitative estimate of drug-likeness (QED) is 0.681. The molecule has 0 aliphatic rings. The van der Waals surface area contributed by atoms with Crippen LogP contribution in [0.1, 0.15) is 11.4 Å². The average molecular weight is 201 g/mol. The Balaban J connectivity index is 2.69.